The monoisotopic (exact) mass is 280 g/mol. The van der Waals surface area contributed by atoms with Crippen LogP contribution in [0.15, 0.2) is 66.7 Å². The first-order valence-electron chi connectivity index (χ1n) is 6.96. The Labute approximate surface area is 123 Å². The van der Waals surface area contributed by atoms with Crippen molar-refractivity contribution in [3.05, 3.63) is 83.7 Å². The topological polar surface area (TPSA) is 38.0 Å². The van der Waals surface area contributed by atoms with Gasteiger partial charge in [-0.05, 0) is 40.5 Å². The molecule has 0 fully saturated rings. The predicted molar refractivity (Wildman–Crippen MR) is 84.1 cm³/mol. The number of nitrogens with two attached hydrogens (primary N) is 1. The first-order valence-corrected chi connectivity index (χ1v) is 6.96. The van der Waals surface area contributed by atoms with E-state index < -0.39 is 0 Å². The second-order valence-corrected chi connectivity index (χ2v) is 5.12. The van der Waals surface area contributed by atoms with Crippen molar-refractivity contribution >= 4 is 10.8 Å². The van der Waals surface area contributed by atoms with Gasteiger partial charge in [0.05, 0.1) is 6.04 Å². The highest BCUT2D eigenvalue weighted by Crippen LogP contribution is 2.26. The van der Waals surface area contributed by atoms with Crippen LogP contribution in [-0.4, -0.2) is 0 Å². The maximum atomic E-state index is 13.3. The Morgan fingerprint density at radius 1 is 0.952 bits per heavy atom. The maximum absolute atomic E-state index is 13.3. The van der Waals surface area contributed by atoms with Crippen molar-refractivity contribution < 1.29 is 4.39 Å². The molecule has 0 saturated heterocycles. The molecule has 3 aromatic rings. The van der Waals surface area contributed by atoms with Gasteiger partial charge in [0.25, 0.3) is 0 Å². The average Bonchev–Trinajstić information content (AvgIpc) is 2.52. The van der Waals surface area contributed by atoms with E-state index in [1.807, 2.05) is 24.3 Å². The van der Waals surface area contributed by atoms with Gasteiger partial charge < -0.3 is 0 Å². The van der Waals surface area contributed by atoms with E-state index in [9.17, 15) is 4.39 Å². The van der Waals surface area contributed by atoms with Crippen molar-refractivity contribution in [2.75, 3.05) is 0 Å². The molecule has 3 rings (SSSR count). The van der Waals surface area contributed by atoms with Crippen LogP contribution in [0.3, 0.4) is 0 Å². The van der Waals surface area contributed by atoms with Gasteiger partial charge in [0, 0.05) is 0 Å². The first-order chi connectivity index (χ1) is 10.3. The minimum absolute atomic E-state index is 0.0575. The summed E-state index contributed by atoms with van der Waals surface area (Å²) >= 11 is 0. The Balaban J connectivity index is 1.98. The van der Waals surface area contributed by atoms with Crippen molar-refractivity contribution in [1.29, 1.82) is 0 Å². The van der Waals surface area contributed by atoms with Crippen molar-refractivity contribution in [3.63, 3.8) is 0 Å². The summed E-state index contributed by atoms with van der Waals surface area (Å²) in [7, 11) is 0. The molecule has 0 amide bonds. The van der Waals surface area contributed by atoms with Crippen LogP contribution in [0.5, 0.6) is 0 Å². The summed E-state index contributed by atoms with van der Waals surface area (Å²) in [5, 5.41) is 2.34. The van der Waals surface area contributed by atoms with Crippen LogP contribution in [0.1, 0.15) is 17.2 Å². The summed E-state index contributed by atoms with van der Waals surface area (Å²) in [5.74, 6) is 5.52. The number of hydrogen-bond donors (Lipinski definition) is 2. The van der Waals surface area contributed by atoms with Crippen molar-refractivity contribution in [2.24, 2.45) is 5.84 Å². The fourth-order valence-corrected chi connectivity index (χ4v) is 2.71. The quantitative estimate of drug-likeness (QED) is 0.564. The van der Waals surface area contributed by atoms with Gasteiger partial charge in [-0.3, -0.25) is 11.3 Å². The van der Waals surface area contributed by atoms with Gasteiger partial charge in [-0.25, -0.2) is 4.39 Å². The summed E-state index contributed by atoms with van der Waals surface area (Å²) in [6.07, 6.45) is 0.641. The fourth-order valence-electron chi connectivity index (χ4n) is 2.71. The van der Waals surface area contributed by atoms with Crippen LogP contribution < -0.4 is 11.3 Å². The second-order valence-electron chi connectivity index (χ2n) is 5.12. The zero-order valence-corrected chi connectivity index (χ0v) is 11.6. The van der Waals surface area contributed by atoms with E-state index in [2.05, 4.69) is 29.7 Å². The molecule has 0 aliphatic carbocycles. The molecule has 0 spiro atoms. The van der Waals surface area contributed by atoms with Crippen molar-refractivity contribution in [2.45, 2.75) is 12.5 Å². The number of rotatable bonds is 4. The number of hydrazine groups is 1. The van der Waals surface area contributed by atoms with Crippen molar-refractivity contribution in [3.8, 4) is 0 Å². The van der Waals surface area contributed by atoms with Gasteiger partial charge in [0.1, 0.15) is 5.82 Å². The smallest absolute Gasteiger partial charge is 0.123 e. The number of fused-ring (bicyclic) bond motifs is 1. The lowest BCUT2D eigenvalue weighted by Crippen LogP contribution is -2.29. The lowest BCUT2D eigenvalue weighted by molar-refractivity contribution is 0.552. The van der Waals surface area contributed by atoms with Crippen LogP contribution >= 0.6 is 0 Å². The van der Waals surface area contributed by atoms with E-state index in [0.29, 0.717) is 6.42 Å². The molecule has 2 nitrogen and oxygen atoms in total. The summed E-state index contributed by atoms with van der Waals surface area (Å²) in [4.78, 5) is 0. The molecule has 3 heteroatoms. The molecule has 3 N–H and O–H groups in total. The normalized spacial score (nSPS) is 12.5. The molecule has 106 valence electrons. The highest BCUT2D eigenvalue weighted by atomic mass is 19.1. The summed E-state index contributed by atoms with van der Waals surface area (Å²) in [6, 6.07) is 20.9. The Morgan fingerprint density at radius 3 is 2.52 bits per heavy atom. The highest BCUT2D eigenvalue weighted by molar-refractivity contribution is 5.86. The van der Waals surface area contributed by atoms with Gasteiger partial charge in [-0.15, -0.1) is 0 Å². The Bertz CT molecular complexity index is 750. The van der Waals surface area contributed by atoms with Gasteiger partial charge >= 0.3 is 0 Å². The number of benzene rings is 3. The van der Waals surface area contributed by atoms with E-state index in [0.717, 1.165) is 11.1 Å². The van der Waals surface area contributed by atoms with E-state index in [1.54, 1.807) is 12.1 Å². The Kier molecular flexibility index (Phi) is 3.95. The third kappa shape index (κ3) is 2.94. The third-order valence-corrected chi connectivity index (χ3v) is 3.73. The summed E-state index contributed by atoms with van der Waals surface area (Å²) < 4.78 is 13.3. The molecule has 3 aromatic carbocycles. The standard InChI is InChI=1S/C18H17FN2/c19-15-8-3-5-13(11-15)12-18(21-20)17-10-4-7-14-6-1-2-9-16(14)17/h1-11,18,21H,12,20H2. The SMILES string of the molecule is NNC(Cc1cccc(F)c1)c1cccc2ccccc12. The number of halogens is 1. The van der Waals surface area contributed by atoms with Crippen LogP contribution in [0.4, 0.5) is 4.39 Å². The molecule has 21 heavy (non-hydrogen) atoms. The average molecular weight is 280 g/mol. The molecule has 0 bridgehead atoms. The Hall–Kier alpha value is -2.23. The van der Waals surface area contributed by atoms with Gasteiger partial charge in [-0.1, -0.05) is 54.6 Å². The zero-order chi connectivity index (χ0) is 14.7. The maximum Gasteiger partial charge on any atom is 0.123 e. The Morgan fingerprint density at radius 2 is 1.71 bits per heavy atom. The first kappa shape index (κ1) is 13.7. The minimum Gasteiger partial charge on any atom is -0.271 e. The molecule has 0 aromatic heterocycles. The zero-order valence-electron chi connectivity index (χ0n) is 11.6. The summed E-state index contributed by atoms with van der Waals surface area (Å²) in [5.41, 5.74) is 4.90. The van der Waals surface area contributed by atoms with Gasteiger partial charge in [0.15, 0.2) is 0 Å². The highest BCUT2D eigenvalue weighted by Gasteiger charge is 2.13. The largest absolute Gasteiger partial charge is 0.271 e. The molecule has 0 radical (unpaired) electrons. The lowest BCUT2D eigenvalue weighted by atomic mass is 9.94. The molecule has 1 atom stereocenters. The van der Waals surface area contributed by atoms with Crippen LogP contribution in [-0.2, 0) is 6.42 Å². The molecule has 1 unspecified atom stereocenters. The number of nitrogens with one attached hydrogen (secondary N) is 1. The number of hydrogen-bond acceptors (Lipinski definition) is 2. The van der Waals surface area contributed by atoms with Gasteiger partial charge in [0.2, 0.25) is 0 Å². The second kappa shape index (κ2) is 6.04. The van der Waals surface area contributed by atoms with E-state index in [4.69, 9.17) is 5.84 Å². The van der Waals surface area contributed by atoms with E-state index in [1.165, 1.54) is 16.8 Å². The molecular weight excluding hydrogens is 263 g/mol. The summed E-state index contributed by atoms with van der Waals surface area (Å²) in [6.45, 7) is 0. The predicted octanol–water partition coefficient (Wildman–Crippen LogP) is 3.73. The molecule has 0 heterocycles. The van der Waals surface area contributed by atoms with Gasteiger partial charge in [-0.2, -0.15) is 0 Å². The molecule has 0 saturated carbocycles. The van der Waals surface area contributed by atoms with Crippen LogP contribution in [0.2, 0.25) is 0 Å². The third-order valence-electron chi connectivity index (χ3n) is 3.73. The van der Waals surface area contributed by atoms with E-state index >= 15 is 0 Å². The molecular formula is C18H17FN2. The minimum atomic E-state index is -0.221. The van der Waals surface area contributed by atoms with Crippen molar-refractivity contribution in [1.82, 2.24) is 5.43 Å². The van der Waals surface area contributed by atoms with E-state index in [-0.39, 0.29) is 11.9 Å². The molecule has 0 aliphatic rings. The lowest BCUT2D eigenvalue weighted by Gasteiger charge is -2.18. The fraction of sp³-hybridized carbons (Fsp3) is 0.111. The molecule has 0 aliphatic heterocycles. The van der Waals surface area contributed by atoms with Crippen LogP contribution in [0, 0.1) is 5.82 Å². The van der Waals surface area contributed by atoms with Crippen LogP contribution in [0.25, 0.3) is 10.8 Å².